The number of nitrogens with one attached hydrogen (secondary N) is 1. The number of hydrogen-bond acceptors (Lipinski definition) is 3. The van der Waals surface area contributed by atoms with Crippen molar-refractivity contribution in [2.45, 2.75) is 47.5 Å². The lowest BCUT2D eigenvalue weighted by molar-refractivity contribution is -0.127. The Bertz CT molecular complexity index is 457. The van der Waals surface area contributed by atoms with Crippen LogP contribution < -0.4 is 5.32 Å². The molecule has 104 valence electrons. The van der Waals surface area contributed by atoms with Crippen molar-refractivity contribution >= 4 is 11.6 Å². The van der Waals surface area contributed by atoms with E-state index in [0.717, 1.165) is 11.3 Å². The lowest BCUT2D eigenvalue weighted by Gasteiger charge is -2.28. The van der Waals surface area contributed by atoms with E-state index in [0.29, 0.717) is 18.4 Å². The highest BCUT2D eigenvalue weighted by Gasteiger charge is 2.35. The molecule has 0 amide bonds. The first-order valence-corrected chi connectivity index (χ1v) is 6.59. The van der Waals surface area contributed by atoms with E-state index < -0.39 is 0 Å². The molecule has 0 radical (unpaired) electrons. The normalized spacial score (nSPS) is 20.6. The average Bonchev–Trinajstić information content (AvgIpc) is 2.25. The number of carbonyl (C=O) groups excluding carboxylic acids is 2. The molecule has 1 rings (SSSR count). The predicted octanol–water partition coefficient (Wildman–Crippen LogP) is 3.29. The van der Waals surface area contributed by atoms with Crippen LogP contribution >= 0.6 is 0 Å². The Morgan fingerprint density at radius 1 is 1.16 bits per heavy atom. The molecule has 1 N–H and O–H groups in total. The van der Waals surface area contributed by atoms with Gasteiger partial charge in [-0.15, -0.1) is 0 Å². The number of ketones is 2. The third kappa shape index (κ3) is 4.51. The first-order valence-electron chi connectivity index (χ1n) is 6.59. The largest absolute Gasteiger partial charge is 0.364 e. The molecule has 0 aromatic carbocycles. The highest BCUT2D eigenvalue weighted by atomic mass is 16.1. The number of hydrogen-bond donors (Lipinski definition) is 1. The summed E-state index contributed by atoms with van der Waals surface area (Å²) in [5.74, 6) is -0.131. The summed E-state index contributed by atoms with van der Waals surface area (Å²) < 4.78 is 0. The van der Waals surface area contributed by atoms with Gasteiger partial charge in [-0.25, -0.2) is 0 Å². The molecule has 19 heavy (non-hydrogen) atoms. The number of Topliss-reactive ketones (excluding diaryl/α,β-unsaturated/α-hetero) is 2. The lowest BCUT2D eigenvalue weighted by Crippen LogP contribution is -2.32. The second kappa shape index (κ2) is 6.00. The third-order valence-corrected chi connectivity index (χ3v) is 3.22. The van der Waals surface area contributed by atoms with E-state index >= 15 is 0 Å². The Balaban J connectivity index is 2.81. The van der Waals surface area contributed by atoms with Gasteiger partial charge in [0.05, 0.1) is 5.57 Å². The molecule has 0 heterocycles. The van der Waals surface area contributed by atoms with E-state index in [1.807, 2.05) is 46.8 Å². The van der Waals surface area contributed by atoms with Gasteiger partial charge in [0, 0.05) is 24.7 Å². The minimum absolute atomic E-state index is 0.0655. The van der Waals surface area contributed by atoms with Gasteiger partial charge in [-0.2, -0.15) is 0 Å². The Morgan fingerprint density at radius 2 is 1.68 bits per heavy atom. The molecule has 0 unspecified atom stereocenters. The maximum atomic E-state index is 12.0. The summed E-state index contributed by atoms with van der Waals surface area (Å²) in [6.07, 6.45) is 6.39. The van der Waals surface area contributed by atoms with Gasteiger partial charge in [-0.1, -0.05) is 25.5 Å². The summed E-state index contributed by atoms with van der Waals surface area (Å²) >= 11 is 0. The van der Waals surface area contributed by atoms with Crippen LogP contribution in [0, 0.1) is 5.41 Å². The van der Waals surface area contributed by atoms with Gasteiger partial charge in [0.2, 0.25) is 0 Å². The molecule has 1 saturated carbocycles. The fraction of sp³-hybridized carbons (Fsp3) is 0.500. The maximum Gasteiger partial charge on any atom is 0.168 e. The summed E-state index contributed by atoms with van der Waals surface area (Å²) in [4.78, 5) is 23.9. The van der Waals surface area contributed by atoms with Crippen LogP contribution in [0.1, 0.15) is 47.5 Å². The van der Waals surface area contributed by atoms with Gasteiger partial charge >= 0.3 is 0 Å². The highest BCUT2D eigenvalue weighted by molar-refractivity contribution is 6.22. The lowest BCUT2D eigenvalue weighted by atomic mass is 9.74. The van der Waals surface area contributed by atoms with E-state index in [1.54, 1.807) is 6.20 Å². The molecule has 3 nitrogen and oxygen atoms in total. The Morgan fingerprint density at radius 3 is 2.16 bits per heavy atom. The summed E-state index contributed by atoms with van der Waals surface area (Å²) in [5.41, 5.74) is 2.13. The molecule has 0 saturated heterocycles. The van der Waals surface area contributed by atoms with Crippen LogP contribution in [-0.4, -0.2) is 11.6 Å². The summed E-state index contributed by atoms with van der Waals surface area (Å²) in [6.45, 7) is 9.78. The van der Waals surface area contributed by atoms with Gasteiger partial charge in [0.1, 0.15) is 0 Å². The summed E-state index contributed by atoms with van der Waals surface area (Å²) in [6, 6.07) is 0. The fourth-order valence-electron chi connectivity index (χ4n) is 2.09. The molecule has 1 aliphatic carbocycles. The minimum atomic E-state index is -0.210. The fourth-order valence-corrected chi connectivity index (χ4v) is 2.09. The standard InChI is InChI=1S/C16H23NO2/c1-6-11(2)7-12(3)17-10-13-14(18)8-16(4,5)9-15(13)19/h6-7,10,17H,8-9H2,1-5H3/b11-6-,12-7+. The van der Waals surface area contributed by atoms with Crippen molar-refractivity contribution in [3.05, 3.63) is 35.2 Å². The van der Waals surface area contributed by atoms with Crippen LogP contribution in [0.25, 0.3) is 0 Å². The van der Waals surface area contributed by atoms with Crippen LogP contribution in [0.3, 0.4) is 0 Å². The molecule has 0 aromatic heterocycles. The Kier molecular flexibility index (Phi) is 4.87. The molecule has 0 atom stereocenters. The number of rotatable bonds is 3. The molecular formula is C16H23NO2. The van der Waals surface area contributed by atoms with Crippen molar-refractivity contribution in [2.75, 3.05) is 0 Å². The number of allylic oxidation sites excluding steroid dienone is 5. The SMILES string of the molecule is C/C=C(C)\C=C(/C)NC=C1C(=O)CC(C)(C)CC1=O. The Labute approximate surface area is 115 Å². The van der Waals surface area contributed by atoms with E-state index in [-0.39, 0.29) is 17.0 Å². The van der Waals surface area contributed by atoms with Crippen LogP contribution in [0.5, 0.6) is 0 Å². The van der Waals surface area contributed by atoms with Crippen molar-refractivity contribution in [1.82, 2.24) is 5.32 Å². The highest BCUT2D eigenvalue weighted by Crippen LogP contribution is 2.33. The molecule has 0 bridgehead atoms. The zero-order valence-electron chi connectivity index (χ0n) is 12.5. The zero-order chi connectivity index (χ0) is 14.6. The molecular weight excluding hydrogens is 238 g/mol. The van der Waals surface area contributed by atoms with Crippen molar-refractivity contribution in [3.63, 3.8) is 0 Å². The monoisotopic (exact) mass is 261 g/mol. The summed E-state index contributed by atoms with van der Waals surface area (Å²) in [7, 11) is 0. The average molecular weight is 261 g/mol. The second-order valence-corrected chi connectivity index (χ2v) is 5.93. The van der Waals surface area contributed by atoms with E-state index in [2.05, 4.69) is 5.32 Å². The maximum absolute atomic E-state index is 12.0. The zero-order valence-corrected chi connectivity index (χ0v) is 12.5. The van der Waals surface area contributed by atoms with Gasteiger partial charge < -0.3 is 5.32 Å². The Hall–Kier alpha value is -1.64. The van der Waals surface area contributed by atoms with Gasteiger partial charge in [-0.05, 0) is 32.3 Å². The molecule has 0 aliphatic heterocycles. The molecule has 0 spiro atoms. The minimum Gasteiger partial charge on any atom is -0.364 e. The van der Waals surface area contributed by atoms with Gasteiger partial charge in [-0.3, -0.25) is 9.59 Å². The first-order chi connectivity index (χ1) is 8.75. The number of carbonyl (C=O) groups is 2. The molecule has 3 heteroatoms. The van der Waals surface area contributed by atoms with Gasteiger partial charge in [0.25, 0.3) is 0 Å². The van der Waals surface area contributed by atoms with Crippen molar-refractivity contribution in [1.29, 1.82) is 0 Å². The van der Waals surface area contributed by atoms with Crippen LogP contribution in [0.2, 0.25) is 0 Å². The van der Waals surface area contributed by atoms with E-state index in [4.69, 9.17) is 0 Å². The molecule has 1 aliphatic rings. The smallest absolute Gasteiger partial charge is 0.168 e. The van der Waals surface area contributed by atoms with Crippen molar-refractivity contribution in [2.24, 2.45) is 5.41 Å². The van der Waals surface area contributed by atoms with E-state index in [9.17, 15) is 9.59 Å². The first kappa shape index (κ1) is 15.4. The van der Waals surface area contributed by atoms with Crippen LogP contribution in [0.15, 0.2) is 35.2 Å². The summed E-state index contributed by atoms with van der Waals surface area (Å²) in [5, 5.41) is 3.02. The predicted molar refractivity (Wildman–Crippen MR) is 77.4 cm³/mol. The van der Waals surface area contributed by atoms with Gasteiger partial charge in [0.15, 0.2) is 11.6 Å². The van der Waals surface area contributed by atoms with Crippen LogP contribution in [0.4, 0.5) is 0 Å². The molecule has 0 aromatic rings. The van der Waals surface area contributed by atoms with Crippen LogP contribution in [-0.2, 0) is 9.59 Å². The third-order valence-electron chi connectivity index (χ3n) is 3.22. The van der Waals surface area contributed by atoms with Crippen molar-refractivity contribution in [3.8, 4) is 0 Å². The van der Waals surface area contributed by atoms with E-state index in [1.165, 1.54) is 0 Å². The quantitative estimate of drug-likeness (QED) is 0.482. The topological polar surface area (TPSA) is 46.2 Å². The second-order valence-electron chi connectivity index (χ2n) is 5.93. The van der Waals surface area contributed by atoms with Crippen molar-refractivity contribution < 1.29 is 9.59 Å². The molecule has 1 fully saturated rings.